The van der Waals surface area contributed by atoms with E-state index in [0.29, 0.717) is 0 Å². The van der Waals surface area contributed by atoms with Crippen LogP contribution in [0.15, 0.2) is 31.0 Å². The van der Waals surface area contributed by atoms with Gasteiger partial charge < -0.3 is 4.90 Å². The van der Waals surface area contributed by atoms with Gasteiger partial charge in [-0.1, -0.05) is 24.8 Å². The number of benzene rings is 1. The molecule has 0 aliphatic carbocycles. The van der Waals surface area contributed by atoms with Crippen molar-refractivity contribution in [3.05, 3.63) is 47.7 Å². The first-order valence-corrected chi connectivity index (χ1v) is 4.52. The van der Waals surface area contributed by atoms with Gasteiger partial charge in [0.15, 0.2) is 0 Å². The van der Waals surface area contributed by atoms with Gasteiger partial charge in [-0.3, -0.25) is 0 Å². The highest BCUT2D eigenvalue weighted by atomic mass is 15.1. The van der Waals surface area contributed by atoms with Crippen LogP contribution < -0.4 is 0 Å². The predicted octanol–water partition coefficient (Wildman–Crippen LogP) is 2.88. The minimum Gasteiger partial charge on any atom is -0.377 e. The number of hydrogen-bond acceptors (Lipinski definition) is 1. The van der Waals surface area contributed by atoms with E-state index in [1.165, 1.54) is 16.7 Å². The number of rotatable bonds is 3. The van der Waals surface area contributed by atoms with E-state index >= 15 is 0 Å². The van der Waals surface area contributed by atoms with Crippen molar-refractivity contribution in [3.8, 4) is 0 Å². The summed E-state index contributed by atoms with van der Waals surface area (Å²) in [5.41, 5.74) is 4.05. The summed E-state index contributed by atoms with van der Waals surface area (Å²) >= 11 is 0. The largest absolute Gasteiger partial charge is 0.377 e. The second-order valence-corrected chi connectivity index (χ2v) is 3.52. The lowest BCUT2D eigenvalue weighted by molar-refractivity contribution is 0.452. The second kappa shape index (κ2) is 4.13. The quantitative estimate of drug-likeness (QED) is 0.682. The molecular weight excluding hydrogens is 158 g/mol. The molecule has 0 bridgehead atoms. The van der Waals surface area contributed by atoms with Gasteiger partial charge in [0.05, 0.1) is 0 Å². The van der Waals surface area contributed by atoms with Gasteiger partial charge in [-0.05, 0) is 36.7 Å². The molecule has 1 aromatic carbocycles. The maximum atomic E-state index is 3.72. The number of nitrogens with zero attached hydrogens (tertiary/aromatic N) is 1. The Labute approximate surface area is 80.7 Å². The molecule has 0 aliphatic heterocycles. The average molecular weight is 175 g/mol. The Morgan fingerprint density at radius 2 is 2.00 bits per heavy atom. The molecule has 0 fully saturated rings. The lowest BCUT2D eigenvalue weighted by atomic mass is 10.1. The highest BCUT2D eigenvalue weighted by molar-refractivity contribution is 5.29. The van der Waals surface area contributed by atoms with Crippen LogP contribution in [0.1, 0.15) is 16.7 Å². The summed E-state index contributed by atoms with van der Waals surface area (Å²) < 4.78 is 0. The Morgan fingerprint density at radius 3 is 2.54 bits per heavy atom. The van der Waals surface area contributed by atoms with Gasteiger partial charge in [0.25, 0.3) is 0 Å². The summed E-state index contributed by atoms with van der Waals surface area (Å²) in [5, 5.41) is 0. The van der Waals surface area contributed by atoms with Crippen LogP contribution in [0, 0.1) is 13.8 Å². The van der Waals surface area contributed by atoms with E-state index in [-0.39, 0.29) is 0 Å². The third-order valence-corrected chi connectivity index (χ3v) is 2.31. The Bertz CT molecular complexity index is 302. The van der Waals surface area contributed by atoms with E-state index in [1.807, 2.05) is 13.2 Å². The van der Waals surface area contributed by atoms with Gasteiger partial charge >= 0.3 is 0 Å². The van der Waals surface area contributed by atoms with E-state index in [9.17, 15) is 0 Å². The van der Waals surface area contributed by atoms with Gasteiger partial charge in [-0.25, -0.2) is 0 Å². The topological polar surface area (TPSA) is 3.24 Å². The van der Waals surface area contributed by atoms with Crippen LogP contribution in [0.25, 0.3) is 0 Å². The summed E-state index contributed by atoms with van der Waals surface area (Å²) in [6, 6.07) is 6.57. The molecule has 0 N–H and O–H groups in total. The Morgan fingerprint density at radius 1 is 1.31 bits per heavy atom. The van der Waals surface area contributed by atoms with Crippen LogP contribution in [-0.2, 0) is 6.54 Å². The lowest BCUT2D eigenvalue weighted by Gasteiger charge is -2.13. The molecule has 70 valence electrons. The van der Waals surface area contributed by atoms with Crippen LogP contribution in [-0.4, -0.2) is 11.9 Å². The Kier molecular flexibility index (Phi) is 3.13. The van der Waals surface area contributed by atoms with E-state index in [1.54, 1.807) is 0 Å². The van der Waals surface area contributed by atoms with E-state index in [0.717, 1.165) is 6.54 Å². The van der Waals surface area contributed by atoms with Gasteiger partial charge in [0.1, 0.15) is 0 Å². The van der Waals surface area contributed by atoms with Crippen molar-refractivity contribution >= 4 is 0 Å². The average Bonchev–Trinajstić information content (AvgIpc) is 2.11. The van der Waals surface area contributed by atoms with Crippen LogP contribution in [0.5, 0.6) is 0 Å². The summed E-state index contributed by atoms with van der Waals surface area (Å²) in [5.74, 6) is 0. The van der Waals surface area contributed by atoms with Gasteiger partial charge in [-0.2, -0.15) is 0 Å². The van der Waals surface area contributed by atoms with Gasteiger partial charge in [0.2, 0.25) is 0 Å². The molecule has 0 radical (unpaired) electrons. The third-order valence-electron chi connectivity index (χ3n) is 2.31. The first kappa shape index (κ1) is 9.85. The van der Waals surface area contributed by atoms with Crippen molar-refractivity contribution in [3.63, 3.8) is 0 Å². The molecule has 0 saturated carbocycles. The van der Waals surface area contributed by atoms with E-state index in [2.05, 4.69) is 43.5 Å². The third kappa shape index (κ3) is 2.62. The minimum absolute atomic E-state index is 0.935. The van der Waals surface area contributed by atoms with E-state index < -0.39 is 0 Å². The monoisotopic (exact) mass is 175 g/mol. The molecule has 0 aromatic heterocycles. The summed E-state index contributed by atoms with van der Waals surface area (Å²) in [7, 11) is 2.03. The van der Waals surface area contributed by atoms with Crippen LogP contribution in [0.4, 0.5) is 0 Å². The molecule has 1 heteroatoms. The molecule has 0 heterocycles. The summed E-state index contributed by atoms with van der Waals surface area (Å²) in [6.07, 6.45) is 1.84. The fourth-order valence-electron chi connectivity index (χ4n) is 1.25. The highest BCUT2D eigenvalue weighted by Crippen LogP contribution is 2.11. The van der Waals surface area contributed by atoms with Crippen molar-refractivity contribution in [2.75, 3.05) is 7.05 Å². The SMILES string of the molecule is C=CN(C)Cc1ccc(C)c(C)c1. The molecular formula is C12H17N. The lowest BCUT2D eigenvalue weighted by Crippen LogP contribution is -2.09. The molecule has 1 rings (SSSR count). The van der Waals surface area contributed by atoms with Crippen molar-refractivity contribution in [1.29, 1.82) is 0 Å². The summed E-state index contributed by atoms with van der Waals surface area (Å²) in [6.45, 7) is 8.94. The molecule has 0 amide bonds. The zero-order valence-corrected chi connectivity index (χ0v) is 8.67. The standard InChI is InChI=1S/C12H17N/c1-5-13(4)9-12-7-6-10(2)11(3)8-12/h5-8H,1,9H2,2-4H3. The molecule has 0 unspecified atom stereocenters. The number of aryl methyl sites for hydroxylation is 2. The maximum Gasteiger partial charge on any atom is 0.0420 e. The molecule has 13 heavy (non-hydrogen) atoms. The predicted molar refractivity (Wildman–Crippen MR) is 57.6 cm³/mol. The van der Waals surface area contributed by atoms with Crippen molar-refractivity contribution in [2.45, 2.75) is 20.4 Å². The first-order valence-electron chi connectivity index (χ1n) is 4.52. The zero-order chi connectivity index (χ0) is 9.84. The molecule has 0 saturated heterocycles. The fraction of sp³-hybridized carbons (Fsp3) is 0.333. The van der Waals surface area contributed by atoms with Gasteiger partial charge in [0, 0.05) is 13.6 Å². The fourth-order valence-corrected chi connectivity index (χ4v) is 1.25. The number of hydrogen-bond donors (Lipinski definition) is 0. The zero-order valence-electron chi connectivity index (χ0n) is 8.67. The molecule has 0 spiro atoms. The minimum atomic E-state index is 0.935. The van der Waals surface area contributed by atoms with Crippen LogP contribution in [0.3, 0.4) is 0 Å². The van der Waals surface area contributed by atoms with Gasteiger partial charge in [-0.15, -0.1) is 0 Å². The maximum absolute atomic E-state index is 3.72. The van der Waals surface area contributed by atoms with Crippen molar-refractivity contribution < 1.29 is 0 Å². The molecule has 0 aliphatic rings. The molecule has 0 atom stereocenters. The van der Waals surface area contributed by atoms with Crippen molar-refractivity contribution in [1.82, 2.24) is 4.90 Å². The smallest absolute Gasteiger partial charge is 0.0420 e. The molecule has 1 nitrogen and oxygen atoms in total. The first-order chi connectivity index (χ1) is 6.13. The summed E-state index contributed by atoms with van der Waals surface area (Å²) in [4.78, 5) is 2.07. The van der Waals surface area contributed by atoms with Crippen LogP contribution in [0.2, 0.25) is 0 Å². The second-order valence-electron chi connectivity index (χ2n) is 3.52. The van der Waals surface area contributed by atoms with E-state index in [4.69, 9.17) is 0 Å². The van der Waals surface area contributed by atoms with Crippen LogP contribution >= 0.6 is 0 Å². The van der Waals surface area contributed by atoms with Crippen molar-refractivity contribution in [2.24, 2.45) is 0 Å². The highest BCUT2D eigenvalue weighted by Gasteiger charge is 1.97. The molecule has 1 aromatic rings. The Balaban J connectivity index is 2.79. The Hall–Kier alpha value is -1.24. The normalized spacial score (nSPS) is 9.77.